The van der Waals surface area contributed by atoms with Crippen molar-refractivity contribution in [2.75, 3.05) is 0 Å². The van der Waals surface area contributed by atoms with Gasteiger partial charge < -0.3 is 0 Å². The highest BCUT2D eigenvalue weighted by Gasteiger charge is 2.03. The van der Waals surface area contributed by atoms with Gasteiger partial charge in [0.2, 0.25) is 0 Å². The number of aromatic nitrogens is 2. The highest BCUT2D eigenvalue weighted by atomic mass is 14.9. The zero-order chi connectivity index (χ0) is 13.1. The van der Waals surface area contributed by atoms with E-state index in [1.807, 2.05) is 19.9 Å². The molecule has 1 aromatic carbocycles. The first-order chi connectivity index (χ1) is 8.54. The fourth-order valence-electron chi connectivity index (χ4n) is 2.15. The number of hydrogen-bond donors (Lipinski definition) is 0. The van der Waals surface area contributed by atoms with Crippen LogP contribution in [0.25, 0.3) is 11.3 Å². The molecule has 0 aliphatic heterocycles. The Morgan fingerprint density at radius 2 is 1.67 bits per heavy atom. The third kappa shape index (κ3) is 3.16. The van der Waals surface area contributed by atoms with Crippen LogP contribution < -0.4 is 0 Å². The lowest BCUT2D eigenvalue weighted by molar-refractivity contribution is 0.647. The van der Waals surface area contributed by atoms with Crippen LogP contribution in [0.3, 0.4) is 0 Å². The summed E-state index contributed by atoms with van der Waals surface area (Å²) < 4.78 is 0. The summed E-state index contributed by atoms with van der Waals surface area (Å²) in [5.41, 5.74) is 4.58. The quantitative estimate of drug-likeness (QED) is 0.811. The second-order valence-corrected chi connectivity index (χ2v) is 5.24. The van der Waals surface area contributed by atoms with E-state index in [4.69, 9.17) is 0 Å². The van der Waals surface area contributed by atoms with E-state index in [1.54, 1.807) is 0 Å². The second kappa shape index (κ2) is 5.30. The molecule has 0 radical (unpaired) electrons. The molecule has 0 spiro atoms. The third-order valence-electron chi connectivity index (χ3n) is 2.86. The minimum atomic E-state index is 0.694. The average molecular weight is 240 g/mol. The SMILES string of the molecule is Cc1cc(-c2ccc(CC(C)C)cc2)nc(C)n1. The van der Waals surface area contributed by atoms with E-state index in [9.17, 15) is 0 Å². The Bertz CT molecular complexity index is 507. The van der Waals surface area contributed by atoms with Gasteiger partial charge in [0.05, 0.1) is 5.69 Å². The summed E-state index contributed by atoms with van der Waals surface area (Å²) in [7, 11) is 0. The molecule has 0 fully saturated rings. The van der Waals surface area contributed by atoms with Crippen LogP contribution in [-0.4, -0.2) is 9.97 Å². The molecule has 0 atom stereocenters. The van der Waals surface area contributed by atoms with Crippen LogP contribution in [-0.2, 0) is 6.42 Å². The van der Waals surface area contributed by atoms with Gasteiger partial charge in [-0.05, 0) is 37.8 Å². The maximum Gasteiger partial charge on any atom is 0.126 e. The molecule has 0 amide bonds. The van der Waals surface area contributed by atoms with Crippen LogP contribution in [0.2, 0.25) is 0 Å². The molecule has 0 saturated carbocycles. The van der Waals surface area contributed by atoms with Crippen LogP contribution in [0.15, 0.2) is 30.3 Å². The molecule has 2 aromatic rings. The van der Waals surface area contributed by atoms with Crippen molar-refractivity contribution in [3.8, 4) is 11.3 Å². The van der Waals surface area contributed by atoms with E-state index in [1.165, 1.54) is 5.56 Å². The zero-order valence-electron chi connectivity index (χ0n) is 11.6. The van der Waals surface area contributed by atoms with Gasteiger partial charge in [0.1, 0.15) is 5.82 Å². The lowest BCUT2D eigenvalue weighted by Gasteiger charge is -2.07. The summed E-state index contributed by atoms with van der Waals surface area (Å²) >= 11 is 0. The Kier molecular flexibility index (Phi) is 3.75. The molecule has 18 heavy (non-hydrogen) atoms. The van der Waals surface area contributed by atoms with E-state index in [0.717, 1.165) is 29.2 Å². The molecule has 2 rings (SSSR count). The van der Waals surface area contributed by atoms with Gasteiger partial charge in [-0.15, -0.1) is 0 Å². The molecule has 0 aliphatic rings. The Hall–Kier alpha value is -1.70. The van der Waals surface area contributed by atoms with Gasteiger partial charge in [-0.25, -0.2) is 9.97 Å². The molecule has 0 aliphatic carbocycles. The van der Waals surface area contributed by atoms with Crippen molar-refractivity contribution in [2.45, 2.75) is 34.1 Å². The Morgan fingerprint density at radius 1 is 1.00 bits per heavy atom. The van der Waals surface area contributed by atoms with Crippen molar-refractivity contribution in [3.63, 3.8) is 0 Å². The topological polar surface area (TPSA) is 25.8 Å². The fourth-order valence-corrected chi connectivity index (χ4v) is 2.15. The second-order valence-electron chi connectivity index (χ2n) is 5.24. The third-order valence-corrected chi connectivity index (χ3v) is 2.86. The number of nitrogens with zero attached hydrogens (tertiary/aromatic N) is 2. The predicted octanol–water partition coefficient (Wildman–Crippen LogP) is 3.96. The van der Waals surface area contributed by atoms with Crippen LogP contribution in [0, 0.1) is 19.8 Å². The molecular formula is C16H20N2. The van der Waals surface area contributed by atoms with Crippen LogP contribution in [0.5, 0.6) is 0 Å². The van der Waals surface area contributed by atoms with Gasteiger partial charge >= 0.3 is 0 Å². The van der Waals surface area contributed by atoms with Crippen LogP contribution in [0.1, 0.15) is 30.9 Å². The molecule has 2 heteroatoms. The van der Waals surface area contributed by atoms with Gasteiger partial charge in [-0.1, -0.05) is 38.1 Å². The Morgan fingerprint density at radius 3 is 2.22 bits per heavy atom. The lowest BCUT2D eigenvalue weighted by Crippen LogP contribution is -1.95. The van der Waals surface area contributed by atoms with E-state index in [-0.39, 0.29) is 0 Å². The van der Waals surface area contributed by atoms with Crippen molar-refractivity contribution in [3.05, 3.63) is 47.4 Å². The zero-order valence-corrected chi connectivity index (χ0v) is 11.6. The highest BCUT2D eigenvalue weighted by Crippen LogP contribution is 2.19. The van der Waals surface area contributed by atoms with E-state index >= 15 is 0 Å². The van der Waals surface area contributed by atoms with Crippen LogP contribution in [0.4, 0.5) is 0 Å². The maximum atomic E-state index is 4.48. The number of hydrogen-bond acceptors (Lipinski definition) is 2. The molecule has 2 nitrogen and oxygen atoms in total. The van der Waals surface area contributed by atoms with Gasteiger partial charge in [0, 0.05) is 11.3 Å². The minimum Gasteiger partial charge on any atom is -0.239 e. The molecule has 0 bridgehead atoms. The van der Waals surface area contributed by atoms with Crippen molar-refractivity contribution >= 4 is 0 Å². The lowest BCUT2D eigenvalue weighted by atomic mass is 10.0. The maximum absolute atomic E-state index is 4.48. The van der Waals surface area contributed by atoms with Crippen LogP contribution >= 0.6 is 0 Å². The normalized spacial score (nSPS) is 10.9. The first-order valence-electron chi connectivity index (χ1n) is 6.46. The standard InChI is InChI=1S/C16H20N2/c1-11(2)9-14-5-7-15(8-6-14)16-10-12(3)17-13(4)18-16/h5-8,10-11H,9H2,1-4H3. The number of benzene rings is 1. The summed E-state index contributed by atoms with van der Waals surface area (Å²) in [4.78, 5) is 8.79. The van der Waals surface area contributed by atoms with Crippen molar-refractivity contribution in [1.82, 2.24) is 9.97 Å². The Labute approximate surface area is 109 Å². The Balaban J connectivity index is 2.28. The fraction of sp³-hybridized carbons (Fsp3) is 0.375. The van der Waals surface area contributed by atoms with Gasteiger partial charge in [-0.2, -0.15) is 0 Å². The minimum absolute atomic E-state index is 0.694. The smallest absolute Gasteiger partial charge is 0.126 e. The average Bonchev–Trinajstić information content (AvgIpc) is 2.27. The molecule has 0 N–H and O–H groups in total. The van der Waals surface area contributed by atoms with E-state index < -0.39 is 0 Å². The van der Waals surface area contributed by atoms with E-state index in [0.29, 0.717) is 5.92 Å². The van der Waals surface area contributed by atoms with Gasteiger partial charge in [0.25, 0.3) is 0 Å². The van der Waals surface area contributed by atoms with E-state index in [2.05, 4.69) is 48.1 Å². The summed E-state index contributed by atoms with van der Waals surface area (Å²) in [6.07, 6.45) is 1.13. The van der Waals surface area contributed by atoms with Crippen molar-refractivity contribution < 1.29 is 0 Å². The highest BCUT2D eigenvalue weighted by molar-refractivity contribution is 5.59. The predicted molar refractivity (Wildman–Crippen MR) is 75.5 cm³/mol. The van der Waals surface area contributed by atoms with Crippen molar-refractivity contribution in [2.24, 2.45) is 5.92 Å². The monoisotopic (exact) mass is 240 g/mol. The largest absolute Gasteiger partial charge is 0.239 e. The molecular weight excluding hydrogens is 220 g/mol. The molecule has 1 aromatic heterocycles. The first-order valence-corrected chi connectivity index (χ1v) is 6.46. The molecule has 0 unspecified atom stereocenters. The van der Waals surface area contributed by atoms with Gasteiger partial charge in [-0.3, -0.25) is 0 Å². The first kappa shape index (κ1) is 12.7. The summed E-state index contributed by atoms with van der Waals surface area (Å²) in [6.45, 7) is 8.42. The summed E-state index contributed by atoms with van der Waals surface area (Å²) in [5.74, 6) is 1.52. The van der Waals surface area contributed by atoms with Gasteiger partial charge in [0.15, 0.2) is 0 Å². The summed E-state index contributed by atoms with van der Waals surface area (Å²) in [5, 5.41) is 0. The molecule has 94 valence electrons. The molecule has 1 heterocycles. The van der Waals surface area contributed by atoms with Crippen molar-refractivity contribution in [1.29, 1.82) is 0 Å². The number of rotatable bonds is 3. The molecule has 0 saturated heterocycles. The number of aryl methyl sites for hydroxylation is 2. The summed E-state index contributed by atoms with van der Waals surface area (Å²) in [6, 6.07) is 10.7.